The molecule has 1 heterocycles. The average Bonchev–Trinajstić information content (AvgIpc) is 3.10. The Hall–Kier alpha value is -4.50. The van der Waals surface area contributed by atoms with Crippen LogP contribution in [-0.4, -0.2) is 17.9 Å². The van der Waals surface area contributed by atoms with Crippen LogP contribution in [0.2, 0.25) is 0 Å². The van der Waals surface area contributed by atoms with E-state index in [0.29, 0.717) is 34.5 Å². The van der Waals surface area contributed by atoms with E-state index in [-0.39, 0.29) is 11.8 Å². The van der Waals surface area contributed by atoms with E-state index in [4.69, 9.17) is 0 Å². The molecule has 1 unspecified atom stereocenters. The molecule has 0 bridgehead atoms. The standard InChI is InChI=1S/C27H21F3N4O2/c1-3-26(2)24(20-5-4-6-23(15-20)36-27(28,29)30)33(21-11-7-18(16-31)8-12-21)25(35)34(26)22-13-9-19(17-32)10-14-22/h4-15,24H,3H2,1-2H3/t24?,26-/m0/s1. The van der Waals surface area contributed by atoms with E-state index >= 15 is 0 Å². The number of urea groups is 1. The quantitative estimate of drug-likeness (QED) is 0.399. The Balaban J connectivity index is 1.90. The number of benzene rings is 3. The van der Waals surface area contributed by atoms with E-state index in [9.17, 15) is 28.5 Å². The van der Waals surface area contributed by atoms with Crippen molar-refractivity contribution < 1.29 is 22.7 Å². The molecule has 0 aromatic heterocycles. The summed E-state index contributed by atoms with van der Waals surface area (Å²) < 4.78 is 43.0. The topological polar surface area (TPSA) is 80.4 Å². The maximum Gasteiger partial charge on any atom is 0.573 e. The Labute approximate surface area is 206 Å². The minimum atomic E-state index is -4.86. The van der Waals surface area contributed by atoms with Gasteiger partial charge in [-0.1, -0.05) is 19.1 Å². The van der Waals surface area contributed by atoms with Gasteiger partial charge in [-0.25, -0.2) is 4.79 Å². The summed E-state index contributed by atoms with van der Waals surface area (Å²) in [6.45, 7) is 3.77. The first kappa shape index (κ1) is 24.6. The molecule has 0 saturated carbocycles. The fourth-order valence-corrected chi connectivity index (χ4v) is 4.62. The van der Waals surface area contributed by atoms with Crippen molar-refractivity contribution in [1.82, 2.24) is 0 Å². The largest absolute Gasteiger partial charge is 0.573 e. The molecule has 0 aliphatic carbocycles. The maximum atomic E-state index is 14.0. The monoisotopic (exact) mass is 490 g/mol. The van der Waals surface area contributed by atoms with Crippen molar-refractivity contribution in [3.63, 3.8) is 0 Å². The Morgan fingerprint density at radius 3 is 2.00 bits per heavy atom. The molecule has 36 heavy (non-hydrogen) atoms. The van der Waals surface area contributed by atoms with Crippen LogP contribution >= 0.6 is 0 Å². The first-order chi connectivity index (χ1) is 17.1. The molecule has 4 rings (SSSR count). The third-order valence-electron chi connectivity index (χ3n) is 6.41. The molecule has 0 radical (unpaired) electrons. The number of anilines is 2. The zero-order valence-electron chi connectivity index (χ0n) is 19.5. The van der Waals surface area contributed by atoms with Crippen LogP contribution < -0.4 is 14.5 Å². The average molecular weight is 490 g/mol. The molecule has 1 fully saturated rings. The van der Waals surface area contributed by atoms with Gasteiger partial charge in [0.1, 0.15) is 5.75 Å². The summed E-state index contributed by atoms with van der Waals surface area (Å²) in [4.78, 5) is 17.1. The number of hydrogen-bond acceptors (Lipinski definition) is 4. The summed E-state index contributed by atoms with van der Waals surface area (Å²) in [6, 6.07) is 21.6. The van der Waals surface area contributed by atoms with Crippen LogP contribution in [0.5, 0.6) is 5.75 Å². The predicted molar refractivity (Wildman–Crippen MR) is 127 cm³/mol. The van der Waals surface area contributed by atoms with Crippen molar-refractivity contribution in [2.75, 3.05) is 9.80 Å². The SMILES string of the molecule is CC[C@@]1(C)C(c2cccc(OC(F)(F)F)c2)N(c2ccc(C#N)cc2)C(=O)N1c1ccc(C#N)cc1. The highest BCUT2D eigenvalue weighted by atomic mass is 19.4. The summed E-state index contributed by atoms with van der Waals surface area (Å²) >= 11 is 0. The lowest BCUT2D eigenvalue weighted by molar-refractivity contribution is -0.274. The van der Waals surface area contributed by atoms with Gasteiger partial charge >= 0.3 is 12.4 Å². The van der Waals surface area contributed by atoms with Crippen molar-refractivity contribution in [3.05, 3.63) is 89.5 Å². The number of carbonyl (C=O) groups is 1. The van der Waals surface area contributed by atoms with Gasteiger partial charge in [0.2, 0.25) is 0 Å². The highest BCUT2D eigenvalue weighted by molar-refractivity contribution is 6.08. The van der Waals surface area contributed by atoms with Gasteiger partial charge in [-0.3, -0.25) is 9.80 Å². The number of amides is 2. The summed E-state index contributed by atoms with van der Waals surface area (Å²) in [5, 5.41) is 18.4. The van der Waals surface area contributed by atoms with Crippen molar-refractivity contribution in [1.29, 1.82) is 10.5 Å². The van der Waals surface area contributed by atoms with Gasteiger partial charge in [0.25, 0.3) is 0 Å². The minimum absolute atomic E-state index is 0.387. The summed E-state index contributed by atoms with van der Waals surface area (Å²) in [5.74, 6) is -0.387. The number of ether oxygens (including phenoxy) is 1. The number of nitrogens with zero attached hydrogens (tertiary/aromatic N) is 4. The van der Waals surface area contributed by atoms with Crippen LogP contribution in [-0.2, 0) is 0 Å². The molecule has 3 aromatic rings. The maximum absolute atomic E-state index is 14.0. The van der Waals surface area contributed by atoms with E-state index in [0.717, 1.165) is 0 Å². The van der Waals surface area contributed by atoms with Crippen molar-refractivity contribution in [3.8, 4) is 17.9 Å². The smallest absolute Gasteiger partial charge is 0.406 e. The first-order valence-electron chi connectivity index (χ1n) is 11.1. The predicted octanol–water partition coefficient (Wildman–Crippen LogP) is 6.69. The van der Waals surface area contributed by atoms with Gasteiger partial charge in [-0.15, -0.1) is 13.2 Å². The third kappa shape index (κ3) is 4.44. The Morgan fingerprint density at radius 2 is 1.50 bits per heavy atom. The van der Waals surface area contributed by atoms with E-state index < -0.39 is 17.9 Å². The zero-order valence-corrected chi connectivity index (χ0v) is 19.5. The number of halogens is 3. The van der Waals surface area contributed by atoms with Crippen LogP contribution in [0.3, 0.4) is 0 Å². The molecule has 0 spiro atoms. The molecular formula is C27H21F3N4O2. The van der Waals surface area contributed by atoms with E-state index in [1.54, 1.807) is 59.5 Å². The highest BCUT2D eigenvalue weighted by Gasteiger charge is 2.55. The minimum Gasteiger partial charge on any atom is -0.406 e. The Morgan fingerprint density at radius 1 is 0.944 bits per heavy atom. The van der Waals surface area contributed by atoms with E-state index in [1.165, 1.54) is 23.1 Å². The first-order valence-corrected chi connectivity index (χ1v) is 11.1. The van der Waals surface area contributed by atoms with Gasteiger partial charge in [0, 0.05) is 11.4 Å². The molecule has 6 nitrogen and oxygen atoms in total. The Kier molecular flexibility index (Phi) is 6.34. The van der Waals surface area contributed by atoms with Crippen molar-refractivity contribution in [2.24, 2.45) is 0 Å². The number of alkyl halides is 3. The lowest BCUT2D eigenvalue weighted by Crippen LogP contribution is -2.45. The second kappa shape index (κ2) is 9.27. The summed E-state index contributed by atoms with van der Waals surface area (Å²) in [6.07, 6.45) is -4.40. The highest BCUT2D eigenvalue weighted by Crippen LogP contribution is 2.50. The van der Waals surface area contributed by atoms with E-state index in [1.807, 2.05) is 26.0 Å². The van der Waals surface area contributed by atoms with Crippen LogP contribution in [0.25, 0.3) is 0 Å². The van der Waals surface area contributed by atoms with Crippen molar-refractivity contribution in [2.45, 2.75) is 38.2 Å². The lowest BCUT2D eigenvalue weighted by Gasteiger charge is -2.38. The van der Waals surface area contributed by atoms with Crippen LogP contribution in [0.1, 0.15) is 43.0 Å². The molecular weight excluding hydrogens is 469 g/mol. The second-order valence-corrected chi connectivity index (χ2v) is 8.54. The zero-order chi connectivity index (χ0) is 26.1. The molecule has 1 saturated heterocycles. The molecule has 2 atom stereocenters. The van der Waals surface area contributed by atoms with Gasteiger partial charge in [0.15, 0.2) is 0 Å². The summed E-state index contributed by atoms with van der Waals surface area (Å²) in [7, 11) is 0. The molecule has 0 N–H and O–H groups in total. The molecule has 1 aliphatic heterocycles. The molecule has 3 aromatic carbocycles. The molecule has 1 aliphatic rings. The van der Waals surface area contributed by atoms with Gasteiger partial charge in [-0.2, -0.15) is 10.5 Å². The van der Waals surface area contributed by atoms with Crippen LogP contribution in [0.4, 0.5) is 29.3 Å². The number of nitriles is 2. The number of rotatable bonds is 5. The lowest BCUT2D eigenvalue weighted by atomic mass is 9.83. The number of carbonyl (C=O) groups excluding carboxylic acids is 1. The summed E-state index contributed by atoms with van der Waals surface area (Å²) in [5.41, 5.74) is 1.44. The molecule has 9 heteroatoms. The van der Waals surface area contributed by atoms with Crippen molar-refractivity contribution >= 4 is 17.4 Å². The fraction of sp³-hybridized carbons (Fsp3) is 0.222. The van der Waals surface area contributed by atoms with Gasteiger partial charge in [0.05, 0.1) is 34.8 Å². The van der Waals surface area contributed by atoms with Gasteiger partial charge < -0.3 is 4.74 Å². The van der Waals surface area contributed by atoms with Crippen LogP contribution in [0, 0.1) is 22.7 Å². The van der Waals surface area contributed by atoms with Gasteiger partial charge in [-0.05, 0) is 79.6 Å². The number of hydrogen-bond donors (Lipinski definition) is 0. The fourth-order valence-electron chi connectivity index (χ4n) is 4.62. The Bertz CT molecular complexity index is 1360. The third-order valence-corrected chi connectivity index (χ3v) is 6.41. The normalized spacial score (nSPS) is 19.6. The van der Waals surface area contributed by atoms with E-state index in [2.05, 4.69) is 4.74 Å². The molecule has 182 valence electrons. The molecule has 2 amide bonds. The second-order valence-electron chi connectivity index (χ2n) is 8.54. The van der Waals surface area contributed by atoms with Crippen LogP contribution in [0.15, 0.2) is 72.8 Å².